The van der Waals surface area contributed by atoms with Gasteiger partial charge in [-0.05, 0) is 26.0 Å². The van der Waals surface area contributed by atoms with Gasteiger partial charge in [0, 0.05) is 11.6 Å². The van der Waals surface area contributed by atoms with Crippen LogP contribution in [0.15, 0.2) is 18.2 Å². The quantitative estimate of drug-likeness (QED) is 0.521. The minimum absolute atomic E-state index is 0.00472. The molecule has 0 aliphatic heterocycles. The number of carbonyl (C=O) groups is 2. The van der Waals surface area contributed by atoms with Crippen molar-refractivity contribution in [1.82, 2.24) is 0 Å². The van der Waals surface area contributed by atoms with Crippen molar-refractivity contribution in [3.63, 3.8) is 0 Å². The van der Waals surface area contributed by atoms with E-state index in [1.54, 1.807) is 0 Å². The van der Waals surface area contributed by atoms with Gasteiger partial charge >= 0.3 is 0 Å². The minimum Gasteiger partial charge on any atom is -0.368 e. The Balaban J connectivity index is 3.29. The fourth-order valence-corrected chi connectivity index (χ4v) is 1.35. The molecule has 0 saturated heterocycles. The first-order valence-corrected chi connectivity index (χ1v) is 5.31. The molecule has 0 aromatic heterocycles. The first-order chi connectivity index (χ1) is 8.65. The molecule has 0 bridgehead atoms. The maximum atomic E-state index is 11.2. The van der Waals surface area contributed by atoms with E-state index in [1.807, 2.05) is 0 Å². The van der Waals surface area contributed by atoms with Crippen LogP contribution in [0.1, 0.15) is 24.2 Å². The van der Waals surface area contributed by atoms with Crippen molar-refractivity contribution < 1.29 is 14.5 Å². The molecule has 102 valence electrons. The zero-order valence-corrected chi connectivity index (χ0v) is 10.5. The van der Waals surface area contributed by atoms with Crippen LogP contribution in [0.25, 0.3) is 0 Å². The number of anilines is 1. The third-order valence-corrected chi connectivity index (χ3v) is 2.54. The standard InChI is InChI=1S/C11H14N4O4/c1-11(2,10(13)17)14-7-5-6(9(12)16)3-4-8(7)15(18)19/h3-5,14H,1-2H3,(H2,12,16)(H2,13,17). The van der Waals surface area contributed by atoms with Crippen molar-refractivity contribution in [1.29, 1.82) is 0 Å². The second-order valence-electron chi connectivity index (χ2n) is 4.47. The highest BCUT2D eigenvalue weighted by Crippen LogP contribution is 2.28. The average molecular weight is 266 g/mol. The Morgan fingerprint density at radius 1 is 1.32 bits per heavy atom. The fraction of sp³-hybridized carbons (Fsp3) is 0.273. The molecule has 0 aliphatic carbocycles. The lowest BCUT2D eigenvalue weighted by Crippen LogP contribution is -2.45. The van der Waals surface area contributed by atoms with Gasteiger partial charge in [0.05, 0.1) is 4.92 Å². The lowest BCUT2D eigenvalue weighted by molar-refractivity contribution is -0.384. The first-order valence-electron chi connectivity index (χ1n) is 5.31. The van der Waals surface area contributed by atoms with Crippen molar-refractivity contribution in [2.75, 3.05) is 5.32 Å². The fourth-order valence-electron chi connectivity index (χ4n) is 1.35. The zero-order valence-electron chi connectivity index (χ0n) is 10.5. The molecule has 0 aliphatic rings. The maximum absolute atomic E-state index is 11.2. The van der Waals surface area contributed by atoms with E-state index in [2.05, 4.69) is 5.32 Å². The van der Waals surface area contributed by atoms with Crippen LogP contribution in [0.3, 0.4) is 0 Å². The Kier molecular flexibility index (Phi) is 3.74. The number of nitro groups is 1. The molecule has 1 rings (SSSR count). The summed E-state index contributed by atoms with van der Waals surface area (Å²) in [6, 6.07) is 3.59. The van der Waals surface area contributed by atoms with Gasteiger partial charge in [0.1, 0.15) is 11.2 Å². The monoisotopic (exact) mass is 266 g/mol. The number of nitrogens with zero attached hydrogens (tertiary/aromatic N) is 1. The van der Waals surface area contributed by atoms with E-state index in [9.17, 15) is 19.7 Å². The molecule has 5 N–H and O–H groups in total. The molecule has 1 aromatic carbocycles. The maximum Gasteiger partial charge on any atom is 0.292 e. The summed E-state index contributed by atoms with van der Waals surface area (Å²) in [6.45, 7) is 2.94. The summed E-state index contributed by atoms with van der Waals surface area (Å²) in [5.41, 5.74) is 8.89. The van der Waals surface area contributed by atoms with Gasteiger partial charge < -0.3 is 16.8 Å². The summed E-state index contributed by atoms with van der Waals surface area (Å²) >= 11 is 0. The van der Waals surface area contributed by atoms with E-state index < -0.39 is 22.3 Å². The van der Waals surface area contributed by atoms with Crippen LogP contribution < -0.4 is 16.8 Å². The average Bonchev–Trinajstić information content (AvgIpc) is 2.27. The van der Waals surface area contributed by atoms with Crippen molar-refractivity contribution >= 4 is 23.2 Å². The van der Waals surface area contributed by atoms with E-state index >= 15 is 0 Å². The normalized spacial score (nSPS) is 10.8. The molecule has 0 saturated carbocycles. The molecule has 2 amide bonds. The molecule has 0 heterocycles. The Bertz CT molecular complexity index is 554. The Morgan fingerprint density at radius 2 is 1.89 bits per heavy atom. The molecule has 19 heavy (non-hydrogen) atoms. The number of nitro benzene ring substituents is 1. The van der Waals surface area contributed by atoms with E-state index in [1.165, 1.54) is 26.0 Å². The number of benzene rings is 1. The Labute approximate surface area is 108 Å². The largest absolute Gasteiger partial charge is 0.368 e. The first kappa shape index (κ1) is 14.4. The number of carbonyl (C=O) groups excluding carboxylic acids is 2. The van der Waals surface area contributed by atoms with Gasteiger partial charge in [-0.2, -0.15) is 0 Å². The van der Waals surface area contributed by atoms with Gasteiger partial charge in [0.15, 0.2) is 0 Å². The van der Waals surface area contributed by atoms with Gasteiger partial charge in [-0.25, -0.2) is 0 Å². The number of hydrogen-bond donors (Lipinski definition) is 3. The van der Waals surface area contributed by atoms with Crippen molar-refractivity contribution in [3.8, 4) is 0 Å². The summed E-state index contributed by atoms with van der Waals surface area (Å²) in [4.78, 5) is 32.5. The summed E-state index contributed by atoms with van der Waals surface area (Å²) in [5.74, 6) is -1.42. The molecule has 0 atom stereocenters. The number of primary amides is 2. The van der Waals surface area contributed by atoms with Gasteiger partial charge in [-0.1, -0.05) is 0 Å². The number of rotatable bonds is 5. The highest BCUT2D eigenvalue weighted by atomic mass is 16.6. The SMILES string of the molecule is CC(C)(Nc1cc(C(N)=O)ccc1[N+](=O)[O-])C(N)=O. The van der Waals surface area contributed by atoms with E-state index in [0.717, 1.165) is 6.07 Å². The topological polar surface area (TPSA) is 141 Å². The Hall–Kier alpha value is -2.64. The number of hydrogen-bond acceptors (Lipinski definition) is 5. The molecule has 1 aromatic rings. The molecule has 0 spiro atoms. The molecule has 0 radical (unpaired) electrons. The number of amides is 2. The highest BCUT2D eigenvalue weighted by molar-refractivity contribution is 5.95. The lowest BCUT2D eigenvalue weighted by Gasteiger charge is -2.23. The van der Waals surface area contributed by atoms with Crippen LogP contribution in [0.4, 0.5) is 11.4 Å². The second kappa shape index (κ2) is 4.92. The van der Waals surface area contributed by atoms with Gasteiger partial charge in [0.25, 0.3) is 5.69 Å². The van der Waals surface area contributed by atoms with Crippen LogP contribution in [0, 0.1) is 10.1 Å². The predicted molar refractivity (Wildman–Crippen MR) is 68.5 cm³/mol. The van der Waals surface area contributed by atoms with Crippen molar-refractivity contribution in [3.05, 3.63) is 33.9 Å². The van der Waals surface area contributed by atoms with Crippen molar-refractivity contribution in [2.24, 2.45) is 11.5 Å². The van der Waals surface area contributed by atoms with E-state index in [0.29, 0.717) is 0 Å². The molecule has 0 fully saturated rings. The molecular weight excluding hydrogens is 252 g/mol. The Morgan fingerprint density at radius 3 is 2.32 bits per heavy atom. The second-order valence-corrected chi connectivity index (χ2v) is 4.47. The molecular formula is C11H14N4O4. The summed E-state index contributed by atoms with van der Waals surface area (Å²) in [6.07, 6.45) is 0. The smallest absolute Gasteiger partial charge is 0.292 e. The van der Waals surface area contributed by atoms with E-state index in [-0.39, 0.29) is 16.9 Å². The zero-order chi connectivity index (χ0) is 14.8. The van der Waals surface area contributed by atoms with Crippen LogP contribution in [0.2, 0.25) is 0 Å². The lowest BCUT2D eigenvalue weighted by atomic mass is 10.0. The minimum atomic E-state index is -1.21. The molecule has 8 nitrogen and oxygen atoms in total. The summed E-state index contributed by atoms with van der Waals surface area (Å²) in [5, 5.41) is 13.5. The van der Waals surface area contributed by atoms with Crippen molar-refractivity contribution in [2.45, 2.75) is 19.4 Å². The van der Waals surface area contributed by atoms with Gasteiger partial charge in [-0.3, -0.25) is 19.7 Å². The highest BCUT2D eigenvalue weighted by Gasteiger charge is 2.28. The van der Waals surface area contributed by atoms with E-state index in [4.69, 9.17) is 11.5 Å². The van der Waals surface area contributed by atoms with Crippen LogP contribution in [-0.4, -0.2) is 22.3 Å². The number of nitrogens with two attached hydrogens (primary N) is 2. The van der Waals surface area contributed by atoms with Gasteiger partial charge in [-0.15, -0.1) is 0 Å². The van der Waals surface area contributed by atoms with Crippen LogP contribution >= 0.6 is 0 Å². The third-order valence-electron chi connectivity index (χ3n) is 2.54. The number of nitrogens with one attached hydrogen (secondary N) is 1. The third kappa shape index (κ3) is 3.18. The molecule has 0 unspecified atom stereocenters. The predicted octanol–water partition coefficient (Wildman–Crippen LogP) is 0.369. The van der Waals surface area contributed by atoms with Crippen LogP contribution in [0.5, 0.6) is 0 Å². The van der Waals surface area contributed by atoms with Crippen LogP contribution in [-0.2, 0) is 4.79 Å². The summed E-state index contributed by atoms with van der Waals surface area (Å²) < 4.78 is 0. The summed E-state index contributed by atoms with van der Waals surface area (Å²) in [7, 11) is 0. The van der Waals surface area contributed by atoms with Gasteiger partial charge in [0.2, 0.25) is 11.8 Å². The molecule has 8 heteroatoms.